The van der Waals surface area contributed by atoms with Crippen molar-refractivity contribution < 1.29 is 9.90 Å². The zero-order valence-corrected chi connectivity index (χ0v) is 9.14. The number of carbonyl (C=O) groups is 1. The number of nitrogens with zero attached hydrogens (tertiary/aromatic N) is 4. The molecule has 0 saturated heterocycles. The Morgan fingerprint density at radius 1 is 1.44 bits per heavy atom. The summed E-state index contributed by atoms with van der Waals surface area (Å²) in [5.74, 6) is 0.328. The molecular weight excluding hydrogens is 208 g/mol. The minimum Gasteiger partial charge on any atom is -0.481 e. The fraction of sp³-hybridized carbons (Fsp3) is 0.400. The number of hydrogen-bond acceptors (Lipinski definition) is 4. The molecule has 2 rings (SSSR count). The van der Waals surface area contributed by atoms with Crippen molar-refractivity contribution in [2.24, 2.45) is 0 Å². The lowest BCUT2D eigenvalue weighted by atomic mass is 10.3. The molecule has 0 aromatic carbocycles. The number of carboxylic acid groups (broad SMARTS) is 1. The lowest BCUT2D eigenvalue weighted by molar-refractivity contribution is -0.137. The molecule has 0 unspecified atom stereocenters. The molecule has 6 nitrogen and oxygen atoms in total. The van der Waals surface area contributed by atoms with Crippen LogP contribution >= 0.6 is 0 Å². The molecule has 84 valence electrons. The SMILES string of the molecule is Cc1cc(C)n2c(CCC(=O)O)nnc2n1. The van der Waals surface area contributed by atoms with E-state index in [0.717, 1.165) is 11.4 Å². The quantitative estimate of drug-likeness (QED) is 0.825. The summed E-state index contributed by atoms with van der Waals surface area (Å²) in [6, 6.07) is 1.92. The monoisotopic (exact) mass is 220 g/mol. The van der Waals surface area contributed by atoms with Crippen LogP contribution in [0.1, 0.15) is 23.6 Å². The number of aliphatic carboxylic acids is 1. The molecule has 1 N–H and O–H groups in total. The molecule has 0 spiro atoms. The number of hydrogen-bond donors (Lipinski definition) is 1. The Balaban J connectivity index is 2.43. The van der Waals surface area contributed by atoms with Gasteiger partial charge in [0.05, 0.1) is 6.42 Å². The van der Waals surface area contributed by atoms with E-state index in [9.17, 15) is 4.79 Å². The minimum atomic E-state index is -0.838. The van der Waals surface area contributed by atoms with Gasteiger partial charge in [0.1, 0.15) is 5.82 Å². The summed E-state index contributed by atoms with van der Waals surface area (Å²) in [6.07, 6.45) is 0.413. The van der Waals surface area contributed by atoms with Crippen LogP contribution in [0, 0.1) is 13.8 Å². The smallest absolute Gasteiger partial charge is 0.303 e. The highest BCUT2D eigenvalue weighted by molar-refractivity contribution is 5.66. The molecular formula is C10H12N4O2. The lowest BCUT2D eigenvalue weighted by Gasteiger charge is -2.02. The second kappa shape index (κ2) is 3.88. The largest absolute Gasteiger partial charge is 0.481 e. The van der Waals surface area contributed by atoms with E-state index >= 15 is 0 Å². The van der Waals surface area contributed by atoms with Crippen LogP contribution < -0.4 is 0 Å². The van der Waals surface area contributed by atoms with E-state index in [1.165, 1.54) is 0 Å². The fourth-order valence-corrected chi connectivity index (χ4v) is 1.68. The van der Waals surface area contributed by atoms with Gasteiger partial charge in [0.15, 0.2) is 0 Å². The number of rotatable bonds is 3. The maximum absolute atomic E-state index is 10.5. The van der Waals surface area contributed by atoms with Gasteiger partial charge in [0.2, 0.25) is 0 Å². The average Bonchev–Trinajstić information content (AvgIpc) is 2.57. The fourth-order valence-electron chi connectivity index (χ4n) is 1.68. The minimum absolute atomic E-state index is 0.0497. The molecule has 0 aliphatic rings. The molecule has 0 amide bonds. The van der Waals surface area contributed by atoms with Crippen LogP contribution in [0.5, 0.6) is 0 Å². The van der Waals surface area contributed by atoms with Crippen LogP contribution in [0.25, 0.3) is 5.78 Å². The first-order valence-corrected chi connectivity index (χ1v) is 4.98. The van der Waals surface area contributed by atoms with E-state index in [1.54, 1.807) is 4.40 Å². The molecule has 0 aliphatic carbocycles. The first-order chi connectivity index (χ1) is 7.58. The Bertz CT molecular complexity index is 547. The number of aryl methyl sites for hydroxylation is 3. The van der Waals surface area contributed by atoms with Crippen LogP contribution in [0.15, 0.2) is 6.07 Å². The van der Waals surface area contributed by atoms with Crippen LogP contribution in [0.4, 0.5) is 0 Å². The van der Waals surface area contributed by atoms with Crippen molar-refractivity contribution in [2.75, 3.05) is 0 Å². The Kier molecular flexibility index (Phi) is 2.55. The molecule has 2 aromatic heterocycles. The maximum Gasteiger partial charge on any atom is 0.303 e. The topological polar surface area (TPSA) is 80.4 Å². The highest BCUT2D eigenvalue weighted by Gasteiger charge is 2.10. The van der Waals surface area contributed by atoms with E-state index in [0.29, 0.717) is 18.0 Å². The van der Waals surface area contributed by atoms with Crippen molar-refractivity contribution in [1.82, 2.24) is 19.6 Å². The van der Waals surface area contributed by atoms with Gasteiger partial charge in [-0.15, -0.1) is 10.2 Å². The Labute approximate surface area is 92.0 Å². The molecule has 6 heteroatoms. The Hall–Kier alpha value is -1.98. The zero-order valence-electron chi connectivity index (χ0n) is 9.14. The maximum atomic E-state index is 10.5. The third kappa shape index (κ3) is 1.86. The van der Waals surface area contributed by atoms with Crippen LogP contribution in [-0.2, 0) is 11.2 Å². The van der Waals surface area contributed by atoms with Crippen LogP contribution in [-0.4, -0.2) is 30.7 Å². The number of fused-ring (bicyclic) bond motifs is 1. The molecule has 0 bridgehead atoms. The third-order valence-corrected chi connectivity index (χ3v) is 2.32. The summed E-state index contributed by atoms with van der Waals surface area (Å²) in [7, 11) is 0. The summed E-state index contributed by atoms with van der Waals surface area (Å²) in [6.45, 7) is 3.81. The van der Waals surface area contributed by atoms with E-state index in [-0.39, 0.29) is 6.42 Å². The predicted octanol–water partition coefficient (Wildman–Crippen LogP) is 0.758. The molecule has 0 fully saturated rings. The Morgan fingerprint density at radius 2 is 2.19 bits per heavy atom. The molecule has 0 aliphatic heterocycles. The average molecular weight is 220 g/mol. The second-order valence-electron chi connectivity index (χ2n) is 3.68. The Morgan fingerprint density at radius 3 is 2.88 bits per heavy atom. The highest BCUT2D eigenvalue weighted by Crippen LogP contribution is 2.09. The van der Waals surface area contributed by atoms with Gasteiger partial charge >= 0.3 is 5.97 Å². The van der Waals surface area contributed by atoms with E-state index in [4.69, 9.17) is 5.11 Å². The van der Waals surface area contributed by atoms with Crippen molar-refractivity contribution in [2.45, 2.75) is 26.7 Å². The molecule has 0 saturated carbocycles. The molecule has 2 aromatic rings. The van der Waals surface area contributed by atoms with E-state index in [1.807, 2.05) is 19.9 Å². The van der Waals surface area contributed by atoms with E-state index in [2.05, 4.69) is 15.2 Å². The first kappa shape index (κ1) is 10.5. The van der Waals surface area contributed by atoms with Gasteiger partial charge in [0.25, 0.3) is 5.78 Å². The summed E-state index contributed by atoms with van der Waals surface area (Å²) in [5, 5.41) is 16.5. The van der Waals surface area contributed by atoms with Crippen molar-refractivity contribution in [3.8, 4) is 0 Å². The summed E-state index contributed by atoms with van der Waals surface area (Å²) >= 11 is 0. The predicted molar refractivity (Wildman–Crippen MR) is 56.2 cm³/mol. The molecule has 0 radical (unpaired) electrons. The van der Waals surface area contributed by atoms with Crippen molar-refractivity contribution in [3.05, 3.63) is 23.3 Å². The van der Waals surface area contributed by atoms with Gasteiger partial charge in [-0.3, -0.25) is 9.20 Å². The molecule has 16 heavy (non-hydrogen) atoms. The number of carboxylic acids is 1. The summed E-state index contributed by atoms with van der Waals surface area (Å²) < 4.78 is 1.79. The van der Waals surface area contributed by atoms with Crippen LogP contribution in [0.3, 0.4) is 0 Å². The van der Waals surface area contributed by atoms with Gasteiger partial charge in [0, 0.05) is 17.8 Å². The first-order valence-electron chi connectivity index (χ1n) is 4.98. The summed E-state index contributed by atoms with van der Waals surface area (Å²) in [5.41, 5.74) is 1.84. The molecule has 0 atom stereocenters. The zero-order chi connectivity index (χ0) is 11.7. The lowest BCUT2D eigenvalue weighted by Crippen LogP contribution is -2.04. The normalized spacial score (nSPS) is 10.9. The molecule has 2 heterocycles. The van der Waals surface area contributed by atoms with Gasteiger partial charge in [-0.1, -0.05) is 0 Å². The van der Waals surface area contributed by atoms with Crippen molar-refractivity contribution in [3.63, 3.8) is 0 Å². The van der Waals surface area contributed by atoms with Crippen molar-refractivity contribution in [1.29, 1.82) is 0 Å². The van der Waals surface area contributed by atoms with Crippen molar-refractivity contribution >= 4 is 11.7 Å². The summed E-state index contributed by atoms with van der Waals surface area (Å²) in [4.78, 5) is 14.7. The number of aromatic nitrogens is 4. The third-order valence-electron chi connectivity index (χ3n) is 2.32. The van der Waals surface area contributed by atoms with Gasteiger partial charge in [-0.2, -0.15) is 0 Å². The highest BCUT2D eigenvalue weighted by atomic mass is 16.4. The second-order valence-corrected chi connectivity index (χ2v) is 3.68. The van der Waals surface area contributed by atoms with Crippen LogP contribution in [0.2, 0.25) is 0 Å². The van der Waals surface area contributed by atoms with Gasteiger partial charge < -0.3 is 5.11 Å². The van der Waals surface area contributed by atoms with E-state index < -0.39 is 5.97 Å². The van der Waals surface area contributed by atoms with Gasteiger partial charge in [-0.25, -0.2) is 4.98 Å². The van der Waals surface area contributed by atoms with Gasteiger partial charge in [-0.05, 0) is 19.9 Å². The standard InChI is InChI=1S/C10H12N4O2/c1-6-5-7(2)14-8(3-4-9(15)16)12-13-10(14)11-6/h5H,3-4H2,1-2H3,(H,15,16).